The Hall–Kier alpha value is -3.45. The largest absolute Gasteiger partial charge is 0.494 e. The maximum atomic E-state index is 13.6. The van der Waals surface area contributed by atoms with E-state index in [-0.39, 0.29) is 29.5 Å². The molecule has 172 valence electrons. The van der Waals surface area contributed by atoms with Gasteiger partial charge in [0.05, 0.1) is 23.6 Å². The molecular weight excluding hydrogens is 501 g/mol. The number of carbonyl (C=O) groups excluding carboxylic acids is 1. The quantitative estimate of drug-likeness (QED) is 0.301. The van der Waals surface area contributed by atoms with Crippen molar-refractivity contribution in [2.45, 2.75) is 25.9 Å². The van der Waals surface area contributed by atoms with Crippen molar-refractivity contribution in [3.63, 3.8) is 0 Å². The van der Waals surface area contributed by atoms with Crippen molar-refractivity contribution >= 4 is 32.8 Å². The Labute approximate surface area is 203 Å². The van der Waals surface area contributed by atoms with Crippen molar-refractivity contribution < 1.29 is 18.3 Å². The minimum atomic E-state index is -0.646. The van der Waals surface area contributed by atoms with E-state index in [2.05, 4.69) is 15.9 Å². The average molecular weight is 522 g/mol. The van der Waals surface area contributed by atoms with Crippen LogP contribution in [0.1, 0.15) is 46.6 Å². The van der Waals surface area contributed by atoms with Crippen LogP contribution in [0.2, 0.25) is 0 Å². The third-order valence-corrected chi connectivity index (χ3v) is 6.36. The molecule has 1 unspecified atom stereocenters. The van der Waals surface area contributed by atoms with Gasteiger partial charge in [-0.25, -0.2) is 4.39 Å². The highest BCUT2D eigenvalue weighted by Gasteiger charge is 2.42. The smallest absolute Gasteiger partial charge is 0.291 e. The van der Waals surface area contributed by atoms with E-state index in [1.807, 2.05) is 31.2 Å². The second-order valence-electron chi connectivity index (χ2n) is 8.19. The Morgan fingerprint density at radius 3 is 2.47 bits per heavy atom. The summed E-state index contributed by atoms with van der Waals surface area (Å²) in [6.45, 7) is 2.83. The number of halogens is 2. The second kappa shape index (κ2) is 9.06. The van der Waals surface area contributed by atoms with Gasteiger partial charge in [-0.05, 0) is 60.0 Å². The normalized spacial score (nSPS) is 15.1. The molecule has 0 spiro atoms. The highest BCUT2D eigenvalue weighted by molar-refractivity contribution is 9.10. The lowest BCUT2D eigenvalue weighted by molar-refractivity contribution is 0.0714. The van der Waals surface area contributed by atoms with Gasteiger partial charge < -0.3 is 14.1 Å². The lowest BCUT2D eigenvalue weighted by Gasteiger charge is -2.25. The summed E-state index contributed by atoms with van der Waals surface area (Å²) in [5.74, 6) is 0.0261. The number of fused-ring (bicyclic) bond motifs is 2. The van der Waals surface area contributed by atoms with Crippen molar-refractivity contribution in [2.24, 2.45) is 0 Å². The number of nitrogens with zero attached hydrogens (tertiary/aromatic N) is 1. The van der Waals surface area contributed by atoms with Gasteiger partial charge in [-0.2, -0.15) is 0 Å². The molecule has 0 N–H and O–H groups in total. The first kappa shape index (κ1) is 22.3. The molecule has 2 heterocycles. The predicted octanol–water partition coefficient (Wildman–Crippen LogP) is 6.23. The summed E-state index contributed by atoms with van der Waals surface area (Å²) in [7, 11) is 0. The summed E-state index contributed by atoms with van der Waals surface area (Å²) in [6.07, 6.45) is 0.890. The van der Waals surface area contributed by atoms with Crippen LogP contribution in [0.15, 0.2) is 80.4 Å². The topological polar surface area (TPSA) is 59.8 Å². The Morgan fingerprint density at radius 1 is 1.03 bits per heavy atom. The molecule has 4 aromatic rings. The van der Waals surface area contributed by atoms with E-state index in [0.717, 1.165) is 27.8 Å². The van der Waals surface area contributed by atoms with Gasteiger partial charge in [-0.3, -0.25) is 9.59 Å². The highest BCUT2D eigenvalue weighted by atomic mass is 79.9. The Bertz CT molecular complexity index is 1430. The molecule has 5 rings (SSSR count). The zero-order valence-electron chi connectivity index (χ0n) is 18.4. The lowest BCUT2D eigenvalue weighted by Crippen LogP contribution is -2.29. The molecule has 1 aliphatic heterocycles. The standard InChI is InChI=1S/C27H21BrFNO4/c1-2-13-33-20-10-5-17(6-11-20)24-23-25(31)21-14-18(28)7-12-22(21)34-26(23)27(32)30(24)15-16-3-8-19(29)9-4-16/h3-12,14,24H,2,13,15H2,1H3. The number of rotatable bonds is 6. The molecule has 1 aromatic heterocycles. The van der Waals surface area contributed by atoms with Crippen LogP contribution >= 0.6 is 15.9 Å². The van der Waals surface area contributed by atoms with Gasteiger partial charge in [0.1, 0.15) is 17.1 Å². The minimum Gasteiger partial charge on any atom is -0.494 e. The third-order valence-electron chi connectivity index (χ3n) is 5.86. The molecule has 7 heteroatoms. The van der Waals surface area contributed by atoms with Gasteiger partial charge in [-0.15, -0.1) is 0 Å². The SMILES string of the molecule is CCCOc1ccc(C2c3c(oc4ccc(Br)cc4c3=O)C(=O)N2Cc2ccc(F)cc2)cc1. The van der Waals surface area contributed by atoms with E-state index < -0.39 is 6.04 Å². The number of carbonyl (C=O) groups is 1. The van der Waals surface area contributed by atoms with Crippen molar-refractivity contribution in [1.82, 2.24) is 4.90 Å². The van der Waals surface area contributed by atoms with Crippen LogP contribution in [-0.4, -0.2) is 17.4 Å². The minimum absolute atomic E-state index is 0.0400. The molecule has 3 aromatic carbocycles. The molecule has 0 radical (unpaired) electrons. The number of ether oxygens (including phenoxy) is 1. The van der Waals surface area contributed by atoms with E-state index in [0.29, 0.717) is 23.1 Å². The summed E-state index contributed by atoms with van der Waals surface area (Å²) in [5.41, 5.74) is 1.92. The summed E-state index contributed by atoms with van der Waals surface area (Å²) in [4.78, 5) is 28.7. The Morgan fingerprint density at radius 2 is 1.76 bits per heavy atom. The first-order chi connectivity index (χ1) is 16.5. The summed E-state index contributed by atoms with van der Waals surface area (Å²) < 4.78 is 25.9. The van der Waals surface area contributed by atoms with Crippen LogP contribution in [0.3, 0.4) is 0 Å². The fourth-order valence-corrected chi connectivity index (χ4v) is 4.62. The molecule has 0 saturated carbocycles. The molecule has 1 atom stereocenters. The summed E-state index contributed by atoms with van der Waals surface area (Å²) in [6, 6.07) is 17.9. The maximum absolute atomic E-state index is 13.6. The summed E-state index contributed by atoms with van der Waals surface area (Å²) in [5, 5.41) is 0.400. The third kappa shape index (κ3) is 4.01. The van der Waals surface area contributed by atoms with Crippen LogP contribution in [0.25, 0.3) is 11.0 Å². The molecule has 1 amide bonds. The molecule has 0 bridgehead atoms. The Balaban J connectivity index is 1.65. The van der Waals surface area contributed by atoms with Crippen LogP contribution in [-0.2, 0) is 6.54 Å². The first-order valence-electron chi connectivity index (χ1n) is 11.0. The van der Waals surface area contributed by atoms with Crippen molar-refractivity contribution in [3.05, 3.63) is 110 Å². The second-order valence-corrected chi connectivity index (χ2v) is 9.11. The van der Waals surface area contributed by atoms with Gasteiger partial charge in [-0.1, -0.05) is 47.1 Å². The fraction of sp³-hybridized carbons (Fsp3) is 0.185. The number of benzene rings is 3. The van der Waals surface area contributed by atoms with Crippen molar-refractivity contribution in [2.75, 3.05) is 6.61 Å². The number of hydrogen-bond acceptors (Lipinski definition) is 4. The van der Waals surface area contributed by atoms with Gasteiger partial charge in [0.25, 0.3) is 5.91 Å². The van der Waals surface area contributed by atoms with Crippen LogP contribution in [0.5, 0.6) is 5.75 Å². The molecule has 1 aliphatic rings. The summed E-state index contributed by atoms with van der Waals surface area (Å²) >= 11 is 3.41. The average Bonchev–Trinajstić information content (AvgIpc) is 3.11. The van der Waals surface area contributed by atoms with E-state index in [1.54, 1.807) is 35.2 Å². The van der Waals surface area contributed by atoms with E-state index in [1.165, 1.54) is 12.1 Å². The predicted molar refractivity (Wildman–Crippen MR) is 131 cm³/mol. The highest BCUT2D eigenvalue weighted by Crippen LogP contribution is 2.39. The molecule has 34 heavy (non-hydrogen) atoms. The van der Waals surface area contributed by atoms with Gasteiger partial charge >= 0.3 is 0 Å². The molecular formula is C27H21BrFNO4. The van der Waals surface area contributed by atoms with Crippen molar-refractivity contribution in [1.29, 1.82) is 0 Å². The lowest BCUT2D eigenvalue weighted by atomic mass is 9.98. The van der Waals surface area contributed by atoms with E-state index in [4.69, 9.17) is 9.15 Å². The van der Waals surface area contributed by atoms with Crippen molar-refractivity contribution in [3.8, 4) is 5.75 Å². The number of amides is 1. The zero-order chi connectivity index (χ0) is 23.8. The zero-order valence-corrected chi connectivity index (χ0v) is 20.0. The van der Waals surface area contributed by atoms with Gasteiger partial charge in [0.15, 0.2) is 5.43 Å². The molecule has 0 aliphatic carbocycles. The fourth-order valence-electron chi connectivity index (χ4n) is 4.25. The van der Waals surface area contributed by atoms with Gasteiger partial charge in [0, 0.05) is 11.0 Å². The Kier molecular flexibility index (Phi) is 5.96. The van der Waals surface area contributed by atoms with Gasteiger partial charge in [0.2, 0.25) is 5.76 Å². The van der Waals surface area contributed by atoms with E-state index >= 15 is 0 Å². The molecule has 5 nitrogen and oxygen atoms in total. The molecule has 0 fully saturated rings. The van der Waals surface area contributed by atoms with Crippen LogP contribution in [0.4, 0.5) is 4.39 Å². The monoisotopic (exact) mass is 521 g/mol. The molecule has 0 saturated heterocycles. The van der Waals surface area contributed by atoms with E-state index in [9.17, 15) is 14.0 Å². The maximum Gasteiger partial charge on any atom is 0.291 e. The number of hydrogen-bond donors (Lipinski definition) is 0. The first-order valence-corrected chi connectivity index (χ1v) is 11.8. The van der Waals surface area contributed by atoms with Crippen LogP contribution in [0, 0.1) is 5.82 Å². The van der Waals surface area contributed by atoms with Crippen LogP contribution < -0.4 is 10.2 Å².